The van der Waals surface area contributed by atoms with Crippen LogP contribution in [0.2, 0.25) is 18.1 Å². The van der Waals surface area contributed by atoms with Gasteiger partial charge in [-0.25, -0.2) is 0 Å². The van der Waals surface area contributed by atoms with Gasteiger partial charge in [0.15, 0.2) is 25.7 Å². The number of carbonyl (C=O) groups excluding carboxylic acids is 2. The van der Waals surface area contributed by atoms with Crippen LogP contribution in [0, 0.1) is 0 Å². The van der Waals surface area contributed by atoms with Crippen molar-refractivity contribution in [3.63, 3.8) is 0 Å². The molecule has 8 heteroatoms. The fraction of sp³-hybridized carbons (Fsp3) is 0.500. The Kier molecular flexibility index (Phi) is 5.85. The lowest BCUT2D eigenvalue weighted by molar-refractivity contribution is -0.190. The molecule has 0 unspecified atom stereocenters. The van der Waals surface area contributed by atoms with Crippen molar-refractivity contribution in [2.24, 2.45) is 0 Å². The van der Waals surface area contributed by atoms with Crippen molar-refractivity contribution < 1.29 is 33.3 Å². The summed E-state index contributed by atoms with van der Waals surface area (Å²) in [5.74, 6) is -1.63. The highest BCUT2D eigenvalue weighted by Crippen LogP contribution is 2.47. The molecule has 192 valence electrons. The molecule has 7 nitrogen and oxygen atoms in total. The largest absolute Gasteiger partial charge is 0.507 e. The van der Waals surface area contributed by atoms with E-state index in [0.717, 1.165) is 5.56 Å². The number of benzene rings is 2. The van der Waals surface area contributed by atoms with Gasteiger partial charge in [-0.2, -0.15) is 0 Å². The van der Waals surface area contributed by atoms with E-state index in [0.29, 0.717) is 12.2 Å². The van der Waals surface area contributed by atoms with E-state index in [2.05, 4.69) is 33.9 Å². The summed E-state index contributed by atoms with van der Waals surface area (Å²) in [4.78, 5) is 26.4. The average Bonchev–Trinajstić information content (AvgIpc) is 3.27. The molecule has 2 aromatic rings. The number of aromatic hydroxyl groups is 1. The molecule has 5 rings (SSSR count). The van der Waals surface area contributed by atoms with E-state index < -0.39 is 20.2 Å². The SMILES string of the molecule is CC1(C)O[C@@H]2[C@H](O1)[C@@H](CO[Si](C)(C)C(C)(C)C)O[C@@H]2c1ccc2c(c1)C(=O)c1cccc(O)c1C2=O. The maximum Gasteiger partial charge on any atom is 0.198 e. The quantitative estimate of drug-likeness (QED) is 0.486. The Morgan fingerprint density at radius 2 is 1.67 bits per heavy atom. The van der Waals surface area contributed by atoms with Gasteiger partial charge in [-0.15, -0.1) is 0 Å². The van der Waals surface area contributed by atoms with Crippen LogP contribution in [0.15, 0.2) is 36.4 Å². The normalized spacial score (nSPS) is 27.1. The van der Waals surface area contributed by atoms with Crippen molar-refractivity contribution in [3.8, 4) is 5.75 Å². The predicted octanol–water partition coefficient (Wildman–Crippen LogP) is 5.15. The first-order valence-electron chi connectivity index (χ1n) is 12.4. The summed E-state index contributed by atoms with van der Waals surface area (Å²) in [6.45, 7) is 15.1. The fourth-order valence-electron chi connectivity index (χ4n) is 4.96. The molecule has 2 fully saturated rings. The Hall–Kier alpha value is -2.36. The van der Waals surface area contributed by atoms with Crippen molar-refractivity contribution in [2.75, 3.05) is 6.61 Å². The smallest absolute Gasteiger partial charge is 0.198 e. The van der Waals surface area contributed by atoms with Gasteiger partial charge in [0.1, 0.15) is 30.2 Å². The van der Waals surface area contributed by atoms with Crippen LogP contribution < -0.4 is 0 Å². The number of hydrogen-bond donors (Lipinski definition) is 1. The van der Waals surface area contributed by atoms with Gasteiger partial charge < -0.3 is 23.7 Å². The first-order valence-corrected chi connectivity index (χ1v) is 15.3. The minimum absolute atomic E-state index is 0.0528. The van der Waals surface area contributed by atoms with E-state index in [9.17, 15) is 14.7 Å². The van der Waals surface area contributed by atoms with Crippen molar-refractivity contribution in [1.29, 1.82) is 0 Å². The monoisotopic (exact) mass is 510 g/mol. The van der Waals surface area contributed by atoms with Crippen LogP contribution in [0.5, 0.6) is 5.75 Å². The molecule has 2 aliphatic heterocycles. The topological polar surface area (TPSA) is 91.3 Å². The maximum absolute atomic E-state index is 13.3. The molecule has 0 aromatic heterocycles. The van der Waals surface area contributed by atoms with E-state index in [1.165, 1.54) is 6.07 Å². The second-order valence-electron chi connectivity index (χ2n) is 11.9. The summed E-state index contributed by atoms with van der Waals surface area (Å²) in [5, 5.41) is 10.3. The number of phenolic OH excluding ortho intramolecular Hbond substituents is 1. The maximum atomic E-state index is 13.3. The summed E-state index contributed by atoms with van der Waals surface area (Å²) in [6.07, 6.45) is -1.51. The van der Waals surface area contributed by atoms with Crippen molar-refractivity contribution >= 4 is 19.9 Å². The molecule has 2 heterocycles. The van der Waals surface area contributed by atoms with Gasteiger partial charge in [-0.05, 0) is 55.7 Å². The summed E-state index contributed by atoms with van der Waals surface area (Å²) in [6, 6.07) is 9.70. The van der Waals surface area contributed by atoms with E-state index in [1.54, 1.807) is 30.3 Å². The molecule has 0 radical (unpaired) electrons. The second-order valence-corrected chi connectivity index (χ2v) is 16.7. The van der Waals surface area contributed by atoms with Crippen LogP contribution in [0.3, 0.4) is 0 Å². The third-order valence-electron chi connectivity index (χ3n) is 7.94. The number of ketones is 2. The molecule has 1 aliphatic carbocycles. The number of rotatable bonds is 4. The highest BCUT2D eigenvalue weighted by atomic mass is 28.4. The Bertz CT molecular complexity index is 1240. The third kappa shape index (κ3) is 4.05. The van der Waals surface area contributed by atoms with Gasteiger partial charge in [-0.3, -0.25) is 9.59 Å². The number of carbonyl (C=O) groups is 2. The lowest BCUT2D eigenvalue weighted by Gasteiger charge is -2.37. The zero-order chi connectivity index (χ0) is 26.2. The predicted molar refractivity (Wildman–Crippen MR) is 136 cm³/mol. The number of ether oxygens (including phenoxy) is 3. The standard InChI is InChI=1S/C28H34O7Si/c1-27(2,3)36(6,7)32-14-20-25-26(35-28(4,5)34-25)24(33-20)15-11-12-16-18(13-15)22(30)17-9-8-10-19(29)21(17)23(16)31/h8-13,20,24-26,29H,14H2,1-7H3/t20-,24-,25-,26+/m1/s1. The molecule has 0 amide bonds. The van der Waals surface area contributed by atoms with Gasteiger partial charge in [0.25, 0.3) is 0 Å². The van der Waals surface area contributed by atoms with E-state index >= 15 is 0 Å². The zero-order valence-electron chi connectivity index (χ0n) is 21.9. The molecule has 0 spiro atoms. The van der Waals surface area contributed by atoms with Crippen LogP contribution in [0.25, 0.3) is 0 Å². The zero-order valence-corrected chi connectivity index (χ0v) is 22.9. The van der Waals surface area contributed by atoms with Crippen LogP contribution in [0.1, 0.15) is 78.1 Å². The van der Waals surface area contributed by atoms with Crippen LogP contribution in [-0.4, -0.2) is 55.7 Å². The first kappa shape index (κ1) is 25.3. The second kappa shape index (κ2) is 8.33. The molecule has 2 saturated heterocycles. The number of fused-ring (bicyclic) bond motifs is 3. The Labute approximate surface area is 212 Å². The van der Waals surface area contributed by atoms with Gasteiger partial charge in [0.05, 0.1) is 12.2 Å². The fourth-order valence-corrected chi connectivity index (χ4v) is 5.98. The van der Waals surface area contributed by atoms with Crippen LogP contribution >= 0.6 is 0 Å². The number of hydrogen-bond acceptors (Lipinski definition) is 7. The third-order valence-corrected chi connectivity index (χ3v) is 12.4. The molecule has 2 aromatic carbocycles. The highest BCUT2D eigenvalue weighted by molar-refractivity contribution is 6.74. The van der Waals surface area contributed by atoms with Gasteiger partial charge in [0, 0.05) is 16.7 Å². The molecule has 4 atom stereocenters. The van der Waals surface area contributed by atoms with Crippen LogP contribution in [-0.2, 0) is 18.6 Å². The Morgan fingerprint density at radius 3 is 2.36 bits per heavy atom. The van der Waals surface area contributed by atoms with Crippen molar-refractivity contribution in [3.05, 3.63) is 64.2 Å². The summed E-state index contributed by atoms with van der Waals surface area (Å²) < 4.78 is 25.4. The van der Waals surface area contributed by atoms with Crippen molar-refractivity contribution in [2.45, 2.75) is 83.0 Å². The molecule has 1 N–H and O–H groups in total. The lowest BCUT2D eigenvalue weighted by atomic mass is 9.82. The highest BCUT2D eigenvalue weighted by Gasteiger charge is 2.56. The molecular weight excluding hydrogens is 476 g/mol. The Morgan fingerprint density at radius 1 is 0.972 bits per heavy atom. The summed E-state index contributed by atoms with van der Waals surface area (Å²) in [7, 11) is -2.01. The molecule has 3 aliphatic rings. The molecule has 0 saturated carbocycles. The van der Waals surface area contributed by atoms with Crippen LogP contribution in [0.4, 0.5) is 0 Å². The summed E-state index contributed by atoms with van der Waals surface area (Å²) >= 11 is 0. The summed E-state index contributed by atoms with van der Waals surface area (Å²) in [5.41, 5.74) is 1.57. The van der Waals surface area contributed by atoms with E-state index in [-0.39, 0.29) is 57.4 Å². The average molecular weight is 511 g/mol. The first-order chi connectivity index (χ1) is 16.7. The minimum atomic E-state index is -2.01. The van der Waals surface area contributed by atoms with Gasteiger partial charge >= 0.3 is 0 Å². The van der Waals surface area contributed by atoms with Gasteiger partial charge in [-0.1, -0.05) is 39.0 Å². The molecule has 36 heavy (non-hydrogen) atoms. The Balaban J connectivity index is 1.46. The lowest BCUT2D eigenvalue weighted by Crippen LogP contribution is -2.44. The van der Waals surface area contributed by atoms with E-state index in [4.69, 9.17) is 18.6 Å². The van der Waals surface area contributed by atoms with E-state index in [1.807, 2.05) is 13.8 Å². The number of phenols is 1. The van der Waals surface area contributed by atoms with Gasteiger partial charge in [0.2, 0.25) is 0 Å². The minimum Gasteiger partial charge on any atom is -0.507 e. The molecule has 0 bridgehead atoms. The van der Waals surface area contributed by atoms with Crippen molar-refractivity contribution in [1.82, 2.24) is 0 Å². The molecular formula is C28H34O7Si.